The lowest BCUT2D eigenvalue weighted by molar-refractivity contribution is -0.134. The minimum absolute atomic E-state index is 0.0120. The van der Waals surface area contributed by atoms with Crippen molar-refractivity contribution in [2.24, 2.45) is 5.92 Å². The molecule has 0 spiro atoms. The van der Waals surface area contributed by atoms with E-state index >= 15 is 0 Å². The van der Waals surface area contributed by atoms with Crippen LogP contribution in [-0.2, 0) is 16.0 Å². The highest BCUT2D eigenvalue weighted by molar-refractivity contribution is 5.79. The van der Waals surface area contributed by atoms with Gasteiger partial charge in [-0.15, -0.1) is 0 Å². The lowest BCUT2D eigenvalue weighted by atomic mass is 9.91. The number of hydrogen-bond acceptors (Lipinski definition) is 3. The fourth-order valence-electron chi connectivity index (χ4n) is 3.15. The first kappa shape index (κ1) is 12.7. The lowest BCUT2D eigenvalue weighted by Gasteiger charge is -2.30. The molecule has 1 aromatic rings. The van der Waals surface area contributed by atoms with Crippen LogP contribution < -0.4 is 5.32 Å². The third-order valence-electron chi connectivity index (χ3n) is 4.30. The lowest BCUT2D eigenvalue weighted by Crippen LogP contribution is -2.42. The average Bonchev–Trinajstić information content (AvgIpc) is 2.88. The van der Waals surface area contributed by atoms with Gasteiger partial charge in [0.15, 0.2) is 0 Å². The van der Waals surface area contributed by atoms with E-state index in [1.807, 2.05) is 13.1 Å². The average molecular weight is 263 g/mol. The van der Waals surface area contributed by atoms with Crippen LogP contribution in [0.1, 0.15) is 49.9 Å². The molecule has 0 radical (unpaired) electrons. The van der Waals surface area contributed by atoms with Crippen molar-refractivity contribution in [3.8, 4) is 0 Å². The Morgan fingerprint density at radius 2 is 2.37 bits per heavy atom. The number of ether oxygens (including phenoxy) is 1. The largest absolute Gasteiger partial charge is 0.378 e. The fraction of sp³-hybridized carbons (Fsp3) is 0.714. The summed E-state index contributed by atoms with van der Waals surface area (Å²) in [6.07, 6.45) is 6.95. The number of fused-ring (bicyclic) bond motifs is 1. The molecule has 2 N–H and O–H groups in total. The molecule has 1 aromatic heterocycles. The van der Waals surface area contributed by atoms with E-state index in [1.54, 1.807) is 0 Å². The third-order valence-corrected chi connectivity index (χ3v) is 4.30. The van der Waals surface area contributed by atoms with E-state index in [0.29, 0.717) is 0 Å². The Morgan fingerprint density at radius 3 is 3.21 bits per heavy atom. The molecule has 2 heterocycles. The first-order valence-corrected chi connectivity index (χ1v) is 7.20. The van der Waals surface area contributed by atoms with Gasteiger partial charge in [0.05, 0.1) is 30.0 Å². The van der Waals surface area contributed by atoms with E-state index in [9.17, 15) is 4.79 Å². The summed E-state index contributed by atoms with van der Waals surface area (Å²) < 4.78 is 5.57. The fourth-order valence-corrected chi connectivity index (χ4v) is 3.15. The summed E-state index contributed by atoms with van der Waals surface area (Å²) in [6, 6.07) is 0.0906. The summed E-state index contributed by atoms with van der Waals surface area (Å²) in [5, 5.41) is 10.3. The predicted molar refractivity (Wildman–Crippen MR) is 70.5 cm³/mol. The molecular formula is C14H21N3O2. The molecule has 19 heavy (non-hydrogen) atoms. The molecule has 104 valence electrons. The summed E-state index contributed by atoms with van der Waals surface area (Å²) in [6.45, 7) is 2.77. The molecule has 1 fully saturated rings. The number of H-pyrrole nitrogens is 1. The normalized spacial score (nSPS) is 30.7. The highest BCUT2D eigenvalue weighted by Crippen LogP contribution is 2.29. The van der Waals surface area contributed by atoms with Crippen LogP contribution in [0.15, 0.2) is 6.20 Å². The molecule has 0 bridgehead atoms. The smallest absolute Gasteiger partial charge is 0.226 e. The number of nitrogens with zero attached hydrogens (tertiary/aromatic N) is 1. The number of carbonyl (C=O) groups is 1. The number of aromatic nitrogens is 2. The summed E-state index contributed by atoms with van der Waals surface area (Å²) in [7, 11) is 0. The topological polar surface area (TPSA) is 67.0 Å². The summed E-state index contributed by atoms with van der Waals surface area (Å²) in [5.41, 5.74) is 2.33. The van der Waals surface area contributed by atoms with Crippen LogP contribution in [0.2, 0.25) is 0 Å². The third kappa shape index (κ3) is 2.52. The van der Waals surface area contributed by atoms with E-state index in [4.69, 9.17) is 4.74 Å². The molecule has 1 aliphatic carbocycles. The van der Waals surface area contributed by atoms with E-state index < -0.39 is 0 Å². The number of amides is 1. The van der Waals surface area contributed by atoms with E-state index in [-0.39, 0.29) is 24.0 Å². The molecule has 2 aliphatic rings. The molecule has 3 atom stereocenters. The molecule has 3 rings (SSSR count). The minimum Gasteiger partial charge on any atom is -0.378 e. The Hall–Kier alpha value is -1.36. The number of rotatable bonds is 2. The van der Waals surface area contributed by atoms with E-state index in [1.165, 1.54) is 5.56 Å². The highest BCUT2D eigenvalue weighted by Gasteiger charge is 2.31. The van der Waals surface area contributed by atoms with E-state index in [0.717, 1.165) is 44.4 Å². The van der Waals surface area contributed by atoms with Crippen molar-refractivity contribution < 1.29 is 9.53 Å². The maximum absolute atomic E-state index is 12.4. The Labute approximate surface area is 113 Å². The molecule has 5 heteroatoms. The Bertz CT molecular complexity index is 457. The van der Waals surface area contributed by atoms with Crippen molar-refractivity contribution in [2.75, 3.05) is 6.61 Å². The first-order chi connectivity index (χ1) is 9.25. The Balaban J connectivity index is 1.67. The van der Waals surface area contributed by atoms with Gasteiger partial charge in [0.25, 0.3) is 0 Å². The molecule has 0 aromatic carbocycles. The van der Waals surface area contributed by atoms with Gasteiger partial charge in [0, 0.05) is 6.61 Å². The van der Waals surface area contributed by atoms with Crippen molar-refractivity contribution in [3.05, 3.63) is 17.5 Å². The molecule has 1 saturated heterocycles. The van der Waals surface area contributed by atoms with Crippen LogP contribution >= 0.6 is 0 Å². The summed E-state index contributed by atoms with van der Waals surface area (Å²) in [5.74, 6) is 0.113. The van der Waals surface area contributed by atoms with Gasteiger partial charge in [0.1, 0.15) is 0 Å². The predicted octanol–water partition coefficient (Wildman–Crippen LogP) is 1.72. The molecular weight excluding hydrogens is 242 g/mol. The van der Waals surface area contributed by atoms with Crippen LogP contribution in [0.5, 0.6) is 0 Å². The number of aromatic amines is 1. The first-order valence-electron chi connectivity index (χ1n) is 7.20. The second-order valence-corrected chi connectivity index (χ2v) is 5.59. The van der Waals surface area contributed by atoms with Gasteiger partial charge in [-0.2, -0.15) is 5.10 Å². The monoisotopic (exact) mass is 263 g/mol. The number of aryl methyl sites for hydroxylation is 1. The van der Waals surface area contributed by atoms with Gasteiger partial charge >= 0.3 is 0 Å². The minimum atomic E-state index is -0.0120. The van der Waals surface area contributed by atoms with Gasteiger partial charge in [0.2, 0.25) is 5.91 Å². The standard InChI is InChI=1S/C14H21N3O2/c1-9-11(5-3-7-19-9)14(18)16-12-6-2-4-10-8-15-17-13(10)12/h8-9,11-12H,2-7H2,1H3,(H,15,17)(H,16,18). The zero-order valence-corrected chi connectivity index (χ0v) is 11.3. The maximum atomic E-state index is 12.4. The quantitative estimate of drug-likeness (QED) is 0.853. The van der Waals surface area contributed by atoms with Gasteiger partial charge < -0.3 is 10.1 Å². The van der Waals surface area contributed by atoms with Crippen molar-refractivity contribution in [3.63, 3.8) is 0 Å². The SMILES string of the molecule is CC1OCCCC1C(=O)NC1CCCc2cn[nH]c21. The van der Waals surface area contributed by atoms with Gasteiger partial charge in [-0.25, -0.2) is 0 Å². The van der Waals surface area contributed by atoms with Crippen LogP contribution in [0.4, 0.5) is 0 Å². The maximum Gasteiger partial charge on any atom is 0.226 e. The zero-order valence-electron chi connectivity index (χ0n) is 11.3. The van der Waals surface area contributed by atoms with Crippen LogP contribution in [0.3, 0.4) is 0 Å². The van der Waals surface area contributed by atoms with Gasteiger partial charge in [-0.05, 0) is 44.6 Å². The summed E-state index contributed by atoms with van der Waals surface area (Å²) >= 11 is 0. The van der Waals surface area contributed by atoms with Crippen molar-refractivity contribution in [1.29, 1.82) is 0 Å². The Kier molecular flexibility index (Phi) is 3.55. The second-order valence-electron chi connectivity index (χ2n) is 5.59. The van der Waals surface area contributed by atoms with Crippen LogP contribution in [0.25, 0.3) is 0 Å². The van der Waals surface area contributed by atoms with Crippen LogP contribution in [0, 0.1) is 5.92 Å². The molecule has 1 aliphatic heterocycles. The molecule has 1 amide bonds. The van der Waals surface area contributed by atoms with Gasteiger partial charge in [-0.1, -0.05) is 0 Å². The number of hydrogen-bond donors (Lipinski definition) is 2. The second kappa shape index (κ2) is 5.33. The number of nitrogens with one attached hydrogen (secondary N) is 2. The Morgan fingerprint density at radius 1 is 1.47 bits per heavy atom. The van der Waals surface area contributed by atoms with Gasteiger partial charge in [-0.3, -0.25) is 9.89 Å². The number of carbonyl (C=O) groups excluding carboxylic acids is 1. The molecule has 5 nitrogen and oxygen atoms in total. The van der Waals surface area contributed by atoms with E-state index in [2.05, 4.69) is 15.5 Å². The van der Waals surface area contributed by atoms with Crippen LogP contribution in [-0.4, -0.2) is 28.8 Å². The highest BCUT2D eigenvalue weighted by atomic mass is 16.5. The summed E-state index contributed by atoms with van der Waals surface area (Å²) in [4.78, 5) is 12.4. The molecule has 3 unspecified atom stereocenters. The van der Waals surface area contributed by atoms with Crippen molar-refractivity contribution >= 4 is 5.91 Å². The zero-order chi connectivity index (χ0) is 13.2. The van der Waals surface area contributed by atoms with Crippen molar-refractivity contribution in [2.45, 2.75) is 51.2 Å². The van der Waals surface area contributed by atoms with Crippen molar-refractivity contribution in [1.82, 2.24) is 15.5 Å². The molecule has 0 saturated carbocycles.